The quantitative estimate of drug-likeness (QED) is 0.155. The molecule has 0 aromatic carbocycles. The van der Waals surface area contributed by atoms with E-state index < -0.39 is 74.6 Å². The van der Waals surface area contributed by atoms with E-state index >= 15 is 0 Å². The molecule has 0 spiro atoms. The Morgan fingerprint density at radius 2 is 1.71 bits per heavy atom. The van der Waals surface area contributed by atoms with Crippen molar-refractivity contribution in [3.05, 3.63) is 25.2 Å². The average Bonchev–Trinajstić information content (AvgIpc) is 3.38. The molecule has 1 aromatic heterocycles. The number of likely N-dealkylation sites (tertiary alicyclic amines) is 1. The van der Waals surface area contributed by atoms with Gasteiger partial charge in [0.15, 0.2) is 5.03 Å². The molecule has 2 fully saturated rings. The highest BCUT2D eigenvalue weighted by molar-refractivity contribution is 7.89. The van der Waals surface area contributed by atoms with Crippen molar-refractivity contribution in [2.45, 2.75) is 104 Å². The van der Waals surface area contributed by atoms with Gasteiger partial charge in [-0.3, -0.25) is 19.2 Å². The van der Waals surface area contributed by atoms with E-state index in [1.807, 2.05) is 41.5 Å². The lowest BCUT2D eigenvalue weighted by atomic mass is 9.85. The van der Waals surface area contributed by atoms with Crippen LogP contribution in [0.3, 0.4) is 0 Å². The van der Waals surface area contributed by atoms with Gasteiger partial charge < -0.3 is 30.7 Å². The number of ketones is 1. The van der Waals surface area contributed by atoms with Gasteiger partial charge in [0, 0.05) is 46.0 Å². The van der Waals surface area contributed by atoms with Gasteiger partial charge in [-0.05, 0) is 34.5 Å². The fourth-order valence-electron chi connectivity index (χ4n) is 6.76. The number of carbonyl (C=O) groups is 5. The smallest absolute Gasteiger partial charge is 0.315 e. The molecule has 3 rings (SSSR count). The SMILES string of the molecule is C=CCNC(=O)C(=O)C(CCC)NC(=O)[C@@H]1[C@@H]2[C@H](CN1C(=O)[C@@H](NC(=O)N[C@H](CN(C)S(=O)(=O)c1cn(C)cn1)C(C)(C)C)C(C)(C)C)C2(C)C. The number of Topliss-reactive ketones (excluding diaryl/α,β-unsaturated/α-hetero) is 1. The maximum absolute atomic E-state index is 14.4. The van der Waals surface area contributed by atoms with Gasteiger partial charge in [0.1, 0.15) is 12.1 Å². The molecule has 1 unspecified atom stereocenters. The molecule has 5 amide bonds. The zero-order chi connectivity index (χ0) is 38.9. The number of sulfonamides is 1. The van der Waals surface area contributed by atoms with Gasteiger partial charge >= 0.3 is 6.03 Å². The Morgan fingerprint density at radius 1 is 1.08 bits per heavy atom. The minimum atomic E-state index is -3.95. The number of imidazole rings is 1. The summed E-state index contributed by atoms with van der Waals surface area (Å²) in [4.78, 5) is 73.0. The Bertz CT molecular complexity index is 1610. The number of piperidine rings is 1. The highest BCUT2D eigenvalue weighted by Crippen LogP contribution is 2.65. The number of carbonyl (C=O) groups excluding carboxylic acids is 5. The highest BCUT2D eigenvalue weighted by atomic mass is 32.2. The van der Waals surface area contributed by atoms with Crippen LogP contribution in [0, 0.1) is 28.1 Å². The van der Waals surface area contributed by atoms with Gasteiger partial charge in [-0.25, -0.2) is 18.2 Å². The van der Waals surface area contributed by atoms with Crippen molar-refractivity contribution in [3.63, 3.8) is 0 Å². The number of fused-ring (bicyclic) bond motifs is 1. The maximum Gasteiger partial charge on any atom is 0.315 e. The van der Waals surface area contributed by atoms with Crippen molar-refractivity contribution in [2.24, 2.45) is 35.1 Å². The summed E-state index contributed by atoms with van der Waals surface area (Å²) in [5, 5.41) is 10.9. The normalized spacial score (nSPS) is 21.6. The number of amides is 5. The monoisotopic (exact) mass is 734 g/mol. The van der Waals surface area contributed by atoms with Crippen LogP contribution in [0.2, 0.25) is 0 Å². The van der Waals surface area contributed by atoms with Crippen molar-refractivity contribution in [2.75, 3.05) is 26.7 Å². The lowest BCUT2D eigenvalue weighted by Gasteiger charge is -2.39. The van der Waals surface area contributed by atoms with Crippen LogP contribution in [-0.4, -0.2) is 108 Å². The maximum atomic E-state index is 14.4. The van der Waals surface area contributed by atoms with Gasteiger partial charge in [0.2, 0.25) is 17.6 Å². The fourth-order valence-corrected chi connectivity index (χ4v) is 7.90. The molecule has 1 saturated heterocycles. The lowest BCUT2D eigenvalue weighted by Crippen LogP contribution is -2.62. The van der Waals surface area contributed by atoms with E-state index in [0.717, 1.165) is 4.31 Å². The molecule has 6 atom stereocenters. The van der Waals surface area contributed by atoms with Crippen molar-refractivity contribution in [3.8, 4) is 0 Å². The van der Waals surface area contributed by atoms with Gasteiger partial charge in [-0.1, -0.05) is 74.8 Å². The van der Waals surface area contributed by atoms with Gasteiger partial charge in [0.25, 0.3) is 15.9 Å². The van der Waals surface area contributed by atoms with Crippen LogP contribution in [-0.2, 0) is 36.2 Å². The largest absolute Gasteiger partial charge is 0.346 e. The third kappa shape index (κ3) is 9.36. The van der Waals surface area contributed by atoms with E-state index in [4.69, 9.17) is 0 Å². The first kappa shape index (κ1) is 41.6. The van der Waals surface area contributed by atoms with E-state index in [2.05, 4.69) is 32.8 Å². The Balaban J connectivity index is 1.83. The molecule has 1 aliphatic heterocycles. The Morgan fingerprint density at radius 3 is 2.22 bits per heavy atom. The first-order valence-electron chi connectivity index (χ1n) is 17.4. The number of nitrogens with zero attached hydrogens (tertiary/aromatic N) is 4. The van der Waals surface area contributed by atoms with E-state index in [-0.39, 0.29) is 48.3 Å². The number of likely N-dealkylation sites (N-methyl/N-ethyl adjacent to an activating group) is 1. The number of urea groups is 1. The van der Waals surface area contributed by atoms with Gasteiger partial charge in [-0.15, -0.1) is 6.58 Å². The van der Waals surface area contributed by atoms with Crippen LogP contribution in [0.4, 0.5) is 4.79 Å². The van der Waals surface area contributed by atoms with Crippen LogP contribution in [0.25, 0.3) is 0 Å². The summed E-state index contributed by atoms with van der Waals surface area (Å²) < 4.78 is 29.1. The number of nitrogens with one attached hydrogen (secondary N) is 4. The highest BCUT2D eigenvalue weighted by Gasteiger charge is 2.70. The molecule has 1 aliphatic carbocycles. The average molecular weight is 735 g/mol. The molecule has 4 N–H and O–H groups in total. The first-order chi connectivity index (χ1) is 23.4. The van der Waals surface area contributed by atoms with Crippen LogP contribution in [0.5, 0.6) is 0 Å². The Kier molecular flexibility index (Phi) is 12.6. The van der Waals surface area contributed by atoms with Gasteiger partial charge in [-0.2, -0.15) is 4.31 Å². The van der Waals surface area contributed by atoms with Crippen LogP contribution in [0.1, 0.15) is 75.2 Å². The third-order valence-electron chi connectivity index (χ3n) is 10.1. The number of hydrogen-bond acceptors (Lipinski definition) is 8. The number of aromatic nitrogens is 2. The molecule has 0 bridgehead atoms. The van der Waals surface area contributed by atoms with E-state index in [0.29, 0.717) is 6.42 Å². The standard InChI is InChI=1S/C35H58N8O7S/c1-13-15-22(27(44)30(46)36-16-14-2)38-29(45)26-25-21(35(25,9)10)17-43(26)31(47)28(34(6,7)8)40-32(48)39-23(33(3,4)5)18-42(12)51(49,50)24-19-41(11)20-37-24/h14,19-23,25-26,28H,2,13,15-18H2,1,3-12H3,(H,36,46)(H,38,45)(H2,39,40,48)/t21-,22?,23+,25-,26-,28+/m0/s1. The molecule has 0 radical (unpaired) electrons. The summed E-state index contributed by atoms with van der Waals surface area (Å²) in [6.45, 7) is 20.8. The van der Waals surface area contributed by atoms with Crippen molar-refractivity contribution in [1.29, 1.82) is 0 Å². The molecule has 2 aliphatic rings. The second-order valence-electron chi connectivity index (χ2n) is 16.6. The third-order valence-corrected chi connectivity index (χ3v) is 11.8. The predicted octanol–water partition coefficient (Wildman–Crippen LogP) is 1.81. The molecule has 2 heterocycles. The molecule has 1 saturated carbocycles. The Labute approximate surface area is 302 Å². The fraction of sp³-hybridized carbons (Fsp3) is 0.714. The van der Waals surface area contributed by atoms with Crippen molar-refractivity contribution < 1.29 is 32.4 Å². The summed E-state index contributed by atoms with van der Waals surface area (Å²) in [5.74, 6) is -2.71. The second kappa shape index (κ2) is 15.4. The molecule has 51 heavy (non-hydrogen) atoms. The first-order valence-corrected chi connectivity index (χ1v) is 18.9. The summed E-state index contributed by atoms with van der Waals surface area (Å²) in [7, 11) is -0.863. The summed E-state index contributed by atoms with van der Waals surface area (Å²) in [6, 6.07) is -4.39. The van der Waals surface area contributed by atoms with E-state index in [1.165, 1.54) is 35.1 Å². The molecular formula is C35H58N8O7S. The molecule has 1 aromatic rings. The van der Waals surface area contributed by atoms with Crippen LogP contribution in [0.15, 0.2) is 30.2 Å². The number of aryl methyl sites for hydroxylation is 1. The van der Waals surface area contributed by atoms with Crippen molar-refractivity contribution >= 4 is 39.6 Å². The number of rotatable bonds is 15. The number of hydrogen-bond donors (Lipinski definition) is 4. The van der Waals surface area contributed by atoms with Gasteiger partial charge in [0.05, 0.1) is 12.4 Å². The Hall–Kier alpha value is -3.79. The summed E-state index contributed by atoms with van der Waals surface area (Å²) in [5.41, 5.74) is -1.61. The molecule has 16 heteroatoms. The van der Waals surface area contributed by atoms with Crippen LogP contribution >= 0.6 is 0 Å². The second-order valence-corrected chi connectivity index (χ2v) is 18.6. The summed E-state index contributed by atoms with van der Waals surface area (Å²) >= 11 is 0. The topological polar surface area (TPSA) is 192 Å². The zero-order valence-electron chi connectivity index (χ0n) is 32.0. The molecular weight excluding hydrogens is 677 g/mol. The summed E-state index contributed by atoms with van der Waals surface area (Å²) in [6.07, 6.45) is 5.01. The molecule has 286 valence electrons. The van der Waals surface area contributed by atoms with E-state index in [1.54, 1.807) is 27.8 Å². The lowest BCUT2D eigenvalue weighted by molar-refractivity contribution is -0.145. The predicted molar refractivity (Wildman–Crippen MR) is 192 cm³/mol. The van der Waals surface area contributed by atoms with Crippen LogP contribution < -0.4 is 21.3 Å². The van der Waals surface area contributed by atoms with E-state index in [9.17, 15) is 32.4 Å². The minimum absolute atomic E-state index is 0.0322. The van der Waals surface area contributed by atoms with Crippen molar-refractivity contribution in [1.82, 2.24) is 40.0 Å². The zero-order valence-corrected chi connectivity index (χ0v) is 32.8. The molecule has 15 nitrogen and oxygen atoms in total. The minimum Gasteiger partial charge on any atom is -0.346 e.